The van der Waals surface area contributed by atoms with E-state index in [-0.39, 0.29) is 0 Å². The Labute approximate surface area is 117 Å². The summed E-state index contributed by atoms with van der Waals surface area (Å²) in [5.74, 6) is 0. The molecule has 1 heterocycles. The molecule has 0 aliphatic rings. The number of nitrogens with two attached hydrogens (primary N) is 1. The van der Waals surface area contributed by atoms with E-state index < -0.39 is 0 Å². The summed E-state index contributed by atoms with van der Waals surface area (Å²) in [5.41, 5.74) is 9.65. The molecule has 0 aliphatic carbocycles. The molecule has 18 heavy (non-hydrogen) atoms. The van der Waals surface area contributed by atoms with Crippen LogP contribution >= 0.6 is 23.8 Å². The monoisotopic (exact) mass is 279 g/mol. The molecule has 2 aromatic rings. The fourth-order valence-corrected chi connectivity index (χ4v) is 2.05. The van der Waals surface area contributed by atoms with Crippen molar-refractivity contribution in [2.75, 3.05) is 0 Å². The minimum atomic E-state index is 0.419. The molecule has 1 aromatic heterocycles. The first-order valence-corrected chi connectivity index (χ1v) is 6.35. The van der Waals surface area contributed by atoms with Crippen molar-refractivity contribution in [1.29, 1.82) is 0 Å². The van der Waals surface area contributed by atoms with Crippen LogP contribution in [0.3, 0.4) is 0 Å². The van der Waals surface area contributed by atoms with E-state index in [0.29, 0.717) is 16.6 Å². The lowest BCUT2D eigenvalue weighted by Crippen LogP contribution is -2.10. The van der Waals surface area contributed by atoms with Crippen molar-refractivity contribution in [3.63, 3.8) is 0 Å². The third-order valence-electron chi connectivity index (χ3n) is 2.85. The number of hydrogen-bond donors (Lipinski definition) is 1. The largest absolute Gasteiger partial charge is 0.389 e. The second-order valence-corrected chi connectivity index (χ2v) is 5.11. The predicted octanol–water partition coefficient (Wildman–Crippen LogP) is 2.84. The molecule has 0 atom stereocenters. The average Bonchev–Trinajstić information content (AvgIpc) is 2.61. The summed E-state index contributed by atoms with van der Waals surface area (Å²) < 4.78 is 1.83. The van der Waals surface area contributed by atoms with E-state index in [1.54, 1.807) is 0 Å². The van der Waals surface area contributed by atoms with E-state index in [0.717, 1.165) is 16.8 Å². The quantitative estimate of drug-likeness (QED) is 0.879. The van der Waals surface area contributed by atoms with E-state index in [1.165, 1.54) is 5.56 Å². The predicted molar refractivity (Wildman–Crippen MR) is 78.1 cm³/mol. The Balaban J connectivity index is 2.27. The SMILES string of the molecule is Cc1cc(C(N)=S)ccc1Cn1cc(Cl)c(C)n1. The summed E-state index contributed by atoms with van der Waals surface area (Å²) in [5, 5.41) is 5.03. The van der Waals surface area contributed by atoms with Crippen LogP contribution in [0.15, 0.2) is 24.4 Å². The third-order valence-corrected chi connectivity index (χ3v) is 3.45. The molecule has 1 aromatic carbocycles. The van der Waals surface area contributed by atoms with Crippen LogP contribution in [0.2, 0.25) is 5.02 Å². The first-order chi connectivity index (χ1) is 8.47. The van der Waals surface area contributed by atoms with Gasteiger partial charge in [-0.2, -0.15) is 5.10 Å². The Morgan fingerprint density at radius 2 is 2.17 bits per heavy atom. The number of halogens is 1. The first kappa shape index (κ1) is 13.1. The molecule has 94 valence electrons. The number of nitrogens with zero attached hydrogens (tertiary/aromatic N) is 2. The second kappa shape index (κ2) is 5.08. The molecule has 5 heteroatoms. The van der Waals surface area contributed by atoms with Gasteiger partial charge in [0.2, 0.25) is 0 Å². The van der Waals surface area contributed by atoms with Crippen molar-refractivity contribution in [1.82, 2.24) is 9.78 Å². The van der Waals surface area contributed by atoms with Gasteiger partial charge in [0.05, 0.1) is 17.3 Å². The van der Waals surface area contributed by atoms with Crippen LogP contribution in [0.4, 0.5) is 0 Å². The maximum Gasteiger partial charge on any atom is 0.103 e. The zero-order chi connectivity index (χ0) is 13.3. The number of rotatable bonds is 3. The lowest BCUT2D eigenvalue weighted by atomic mass is 10.1. The van der Waals surface area contributed by atoms with Gasteiger partial charge in [0.25, 0.3) is 0 Å². The highest BCUT2D eigenvalue weighted by atomic mass is 35.5. The minimum absolute atomic E-state index is 0.419. The Bertz CT molecular complexity index is 585. The normalized spacial score (nSPS) is 10.6. The fourth-order valence-electron chi connectivity index (χ4n) is 1.78. The maximum atomic E-state index is 5.99. The van der Waals surface area contributed by atoms with Crippen molar-refractivity contribution in [2.24, 2.45) is 5.73 Å². The fraction of sp³-hybridized carbons (Fsp3) is 0.231. The molecule has 0 amide bonds. The molecular formula is C13H14ClN3S. The summed E-state index contributed by atoms with van der Waals surface area (Å²) in [6, 6.07) is 5.95. The summed E-state index contributed by atoms with van der Waals surface area (Å²) >= 11 is 10.9. The molecule has 0 radical (unpaired) electrons. The van der Waals surface area contributed by atoms with Gasteiger partial charge in [-0.05, 0) is 31.0 Å². The molecule has 2 N–H and O–H groups in total. The zero-order valence-electron chi connectivity index (χ0n) is 10.3. The number of thiocarbonyl (C=S) groups is 1. The van der Waals surface area contributed by atoms with Crippen LogP contribution in [0.1, 0.15) is 22.4 Å². The lowest BCUT2D eigenvalue weighted by Gasteiger charge is -2.08. The Hall–Kier alpha value is -1.39. The zero-order valence-corrected chi connectivity index (χ0v) is 11.8. The average molecular weight is 280 g/mol. The standard InChI is InChI=1S/C13H14ClN3S/c1-8-5-10(13(15)18)3-4-11(8)6-17-7-12(14)9(2)16-17/h3-5,7H,6H2,1-2H3,(H2,15,18). The van der Waals surface area contributed by atoms with Crippen LogP contribution in [0.25, 0.3) is 0 Å². The molecule has 0 unspecified atom stereocenters. The summed E-state index contributed by atoms with van der Waals surface area (Å²) in [6.45, 7) is 4.62. The van der Waals surface area contributed by atoms with Crippen LogP contribution < -0.4 is 5.73 Å². The third kappa shape index (κ3) is 2.71. The van der Waals surface area contributed by atoms with Crippen molar-refractivity contribution < 1.29 is 0 Å². The molecule has 0 saturated carbocycles. The molecule has 2 rings (SSSR count). The van der Waals surface area contributed by atoms with Gasteiger partial charge in [-0.25, -0.2) is 0 Å². The van der Waals surface area contributed by atoms with Crippen LogP contribution in [-0.2, 0) is 6.54 Å². The van der Waals surface area contributed by atoms with Gasteiger partial charge in [0, 0.05) is 11.8 Å². The van der Waals surface area contributed by atoms with Crippen molar-refractivity contribution in [2.45, 2.75) is 20.4 Å². The lowest BCUT2D eigenvalue weighted by molar-refractivity contribution is 0.677. The molecule has 0 spiro atoms. The van der Waals surface area contributed by atoms with E-state index in [9.17, 15) is 0 Å². The number of benzene rings is 1. The topological polar surface area (TPSA) is 43.8 Å². The van der Waals surface area contributed by atoms with Crippen molar-refractivity contribution >= 4 is 28.8 Å². The highest BCUT2D eigenvalue weighted by molar-refractivity contribution is 7.80. The summed E-state index contributed by atoms with van der Waals surface area (Å²) in [7, 11) is 0. The van der Waals surface area contributed by atoms with Gasteiger partial charge in [0.15, 0.2) is 0 Å². The van der Waals surface area contributed by atoms with Gasteiger partial charge >= 0.3 is 0 Å². The van der Waals surface area contributed by atoms with Crippen LogP contribution in [-0.4, -0.2) is 14.8 Å². The molecular weight excluding hydrogens is 266 g/mol. The molecule has 0 bridgehead atoms. The smallest absolute Gasteiger partial charge is 0.103 e. The Morgan fingerprint density at radius 1 is 1.44 bits per heavy atom. The van der Waals surface area contributed by atoms with E-state index in [1.807, 2.05) is 42.9 Å². The minimum Gasteiger partial charge on any atom is -0.389 e. The van der Waals surface area contributed by atoms with Crippen LogP contribution in [0, 0.1) is 13.8 Å². The maximum absolute atomic E-state index is 5.99. The summed E-state index contributed by atoms with van der Waals surface area (Å²) in [4.78, 5) is 0.419. The summed E-state index contributed by atoms with van der Waals surface area (Å²) in [6.07, 6.45) is 1.83. The van der Waals surface area contributed by atoms with Gasteiger partial charge in [0.1, 0.15) is 4.99 Å². The molecule has 0 saturated heterocycles. The van der Waals surface area contributed by atoms with E-state index in [2.05, 4.69) is 5.10 Å². The van der Waals surface area contributed by atoms with Crippen LogP contribution in [0.5, 0.6) is 0 Å². The second-order valence-electron chi connectivity index (χ2n) is 4.27. The van der Waals surface area contributed by atoms with Crippen molar-refractivity contribution in [3.05, 3.63) is 51.8 Å². The first-order valence-electron chi connectivity index (χ1n) is 5.56. The van der Waals surface area contributed by atoms with Gasteiger partial charge in [-0.15, -0.1) is 0 Å². The molecule has 0 fully saturated rings. The van der Waals surface area contributed by atoms with Gasteiger partial charge in [-0.1, -0.05) is 36.0 Å². The van der Waals surface area contributed by atoms with Gasteiger partial charge < -0.3 is 5.73 Å². The van der Waals surface area contributed by atoms with E-state index in [4.69, 9.17) is 29.6 Å². The number of aromatic nitrogens is 2. The highest BCUT2D eigenvalue weighted by Gasteiger charge is 2.06. The van der Waals surface area contributed by atoms with Gasteiger partial charge in [-0.3, -0.25) is 4.68 Å². The molecule has 0 aliphatic heterocycles. The molecule has 3 nitrogen and oxygen atoms in total. The Morgan fingerprint density at radius 3 is 2.67 bits per heavy atom. The van der Waals surface area contributed by atoms with E-state index >= 15 is 0 Å². The number of aryl methyl sites for hydroxylation is 2. The number of hydrogen-bond acceptors (Lipinski definition) is 2. The highest BCUT2D eigenvalue weighted by Crippen LogP contribution is 2.16. The Kier molecular flexibility index (Phi) is 3.68. The van der Waals surface area contributed by atoms with Crippen molar-refractivity contribution in [3.8, 4) is 0 Å².